The quantitative estimate of drug-likeness (QED) is 0.821. The molecule has 0 bridgehead atoms. The first kappa shape index (κ1) is 11.5. The predicted molar refractivity (Wildman–Crippen MR) is 59.5 cm³/mol. The maximum Gasteiger partial charge on any atom is 0.337 e. The first-order chi connectivity index (χ1) is 7.10. The number of carboxylic acid groups (broad SMARTS) is 1. The zero-order valence-corrected chi connectivity index (χ0v) is 9.32. The molecule has 0 aromatic carbocycles. The van der Waals surface area contributed by atoms with Gasteiger partial charge in [0, 0.05) is 13.1 Å². The fraction of sp³-hybridized carbons (Fsp3) is 0.455. The van der Waals surface area contributed by atoms with Crippen molar-refractivity contribution in [2.75, 3.05) is 18.0 Å². The number of aryl methyl sites for hydroxylation is 1. The molecule has 0 amide bonds. The summed E-state index contributed by atoms with van der Waals surface area (Å²) in [6.45, 7) is 7.55. The lowest BCUT2D eigenvalue weighted by atomic mass is 10.2. The Kier molecular flexibility index (Phi) is 3.66. The molecular weight excluding hydrogens is 192 g/mol. The van der Waals surface area contributed by atoms with E-state index >= 15 is 0 Å². The van der Waals surface area contributed by atoms with Crippen molar-refractivity contribution in [3.8, 4) is 0 Å². The summed E-state index contributed by atoms with van der Waals surface area (Å²) in [5, 5.41) is 8.86. The minimum absolute atomic E-state index is 0.269. The van der Waals surface area contributed by atoms with Gasteiger partial charge in [-0.15, -0.1) is 0 Å². The summed E-state index contributed by atoms with van der Waals surface area (Å²) in [7, 11) is 0. The van der Waals surface area contributed by atoms with E-state index in [4.69, 9.17) is 5.11 Å². The highest BCUT2D eigenvalue weighted by Gasteiger charge is 2.10. The highest BCUT2D eigenvalue weighted by molar-refractivity contribution is 5.89. The molecule has 1 aromatic heterocycles. The van der Waals surface area contributed by atoms with Crippen LogP contribution in [0.4, 0.5) is 5.82 Å². The van der Waals surface area contributed by atoms with Gasteiger partial charge in [0.15, 0.2) is 0 Å². The van der Waals surface area contributed by atoms with Crippen LogP contribution in [0.2, 0.25) is 0 Å². The van der Waals surface area contributed by atoms with Crippen LogP contribution in [-0.4, -0.2) is 29.1 Å². The molecule has 0 atom stereocenters. The Balaban J connectivity index is 3.05. The Bertz CT molecular complexity index is 360. The van der Waals surface area contributed by atoms with Gasteiger partial charge >= 0.3 is 5.97 Å². The van der Waals surface area contributed by atoms with Crippen molar-refractivity contribution in [3.05, 3.63) is 23.4 Å². The van der Waals surface area contributed by atoms with Gasteiger partial charge in [0.25, 0.3) is 0 Å². The molecule has 0 fully saturated rings. The fourth-order valence-corrected chi connectivity index (χ4v) is 1.50. The third kappa shape index (κ3) is 2.46. The molecule has 0 radical (unpaired) electrons. The van der Waals surface area contributed by atoms with Crippen LogP contribution < -0.4 is 4.90 Å². The average Bonchev–Trinajstić information content (AvgIpc) is 2.19. The van der Waals surface area contributed by atoms with Crippen LogP contribution in [-0.2, 0) is 0 Å². The van der Waals surface area contributed by atoms with Gasteiger partial charge in [-0.3, -0.25) is 0 Å². The summed E-state index contributed by atoms with van der Waals surface area (Å²) in [6, 6.07) is 3.36. The Morgan fingerprint density at radius 3 is 2.40 bits per heavy atom. The Morgan fingerprint density at radius 1 is 1.40 bits per heavy atom. The van der Waals surface area contributed by atoms with E-state index < -0.39 is 5.97 Å². The van der Waals surface area contributed by atoms with Crippen molar-refractivity contribution in [1.29, 1.82) is 0 Å². The molecule has 15 heavy (non-hydrogen) atoms. The van der Waals surface area contributed by atoms with Gasteiger partial charge < -0.3 is 10.0 Å². The number of carbonyl (C=O) groups is 1. The molecule has 4 nitrogen and oxygen atoms in total. The molecule has 82 valence electrons. The highest BCUT2D eigenvalue weighted by Crippen LogP contribution is 2.14. The number of rotatable bonds is 4. The minimum atomic E-state index is -0.925. The Hall–Kier alpha value is -1.58. The summed E-state index contributed by atoms with van der Waals surface area (Å²) in [5.41, 5.74) is 0.831. The predicted octanol–water partition coefficient (Wildman–Crippen LogP) is 1.93. The van der Waals surface area contributed by atoms with Gasteiger partial charge in [0.1, 0.15) is 5.82 Å². The second-order valence-electron chi connectivity index (χ2n) is 3.28. The molecule has 4 heteroatoms. The molecular formula is C11H16N2O2. The first-order valence-electron chi connectivity index (χ1n) is 5.06. The zero-order chi connectivity index (χ0) is 11.4. The monoisotopic (exact) mass is 208 g/mol. The van der Waals surface area contributed by atoms with Crippen LogP contribution in [0.1, 0.15) is 29.9 Å². The summed E-state index contributed by atoms with van der Waals surface area (Å²) in [5.74, 6) is -0.0893. The SMILES string of the molecule is CCN(CC)c1ccc(C(=O)O)c(C)n1. The molecule has 0 saturated carbocycles. The largest absolute Gasteiger partial charge is 0.478 e. The molecule has 1 N–H and O–H groups in total. The molecule has 0 unspecified atom stereocenters. The number of hydrogen-bond donors (Lipinski definition) is 1. The number of hydrogen-bond acceptors (Lipinski definition) is 3. The lowest BCUT2D eigenvalue weighted by Crippen LogP contribution is -2.23. The van der Waals surface area contributed by atoms with Crippen molar-refractivity contribution in [2.45, 2.75) is 20.8 Å². The molecule has 0 aliphatic carbocycles. The topological polar surface area (TPSA) is 53.4 Å². The number of anilines is 1. The van der Waals surface area contributed by atoms with E-state index in [0.29, 0.717) is 5.69 Å². The van der Waals surface area contributed by atoms with E-state index in [9.17, 15) is 4.79 Å². The lowest BCUT2D eigenvalue weighted by molar-refractivity contribution is 0.0695. The van der Waals surface area contributed by atoms with Gasteiger partial charge in [-0.25, -0.2) is 9.78 Å². The first-order valence-corrected chi connectivity index (χ1v) is 5.06. The molecule has 1 heterocycles. The van der Waals surface area contributed by atoms with Crippen LogP contribution in [0.25, 0.3) is 0 Å². The van der Waals surface area contributed by atoms with E-state index in [-0.39, 0.29) is 5.56 Å². The van der Waals surface area contributed by atoms with Gasteiger partial charge in [-0.2, -0.15) is 0 Å². The van der Waals surface area contributed by atoms with E-state index in [0.717, 1.165) is 18.9 Å². The normalized spacial score (nSPS) is 10.1. The van der Waals surface area contributed by atoms with Crippen molar-refractivity contribution in [1.82, 2.24) is 4.98 Å². The van der Waals surface area contributed by atoms with E-state index in [1.165, 1.54) is 0 Å². The number of aromatic carboxylic acids is 1. The molecule has 0 saturated heterocycles. The molecule has 1 rings (SSSR count). The second kappa shape index (κ2) is 4.77. The lowest BCUT2D eigenvalue weighted by Gasteiger charge is -2.20. The van der Waals surface area contributed by atoms with Crippen LogP contribution in [0, 0.1) is 6.92 Å². The average molecular weight is 208 g/mol. The summed E-state index contributed by atoms with van der Waals surface area (Å²) in [6.07, 6.45) is 0. The van der Waals surface area contributed by atoms with Crippen molar-refractivity contribution < 1.29 is 9.90 Å². The smallest absolute Gasteiger partial charge is 0.337 e. The standard InChI is InChI=1S/C11H16N2O2/c1-4-13(5-2)10-7-6-9(11(14)15)8(3)12-10/h6-7H,4-5H2,1-3H3,(H,14,15). The summed E-state index contributed by atoms with van der Waals surface area (Å²) < 4.78 is 0. The molecule has 0 spiro atoms. The van der Waals surface area contributed by atoms with Gasteiger partial charge in [0.05, 0.1) is 11.3 Å². The van der Waals surface area contributed by atoms with E-state index in [2.05, 4.69) is 9.88 Å². The fourth-order valence-electron chi connectivity index (χ4n) is 1.50. The molecule has 0 aliphatic rings. The summed E-state index contributed by atoms with van der Waals surface area (Å²) in [4.78, 5) is 17.2. The van der Waals surface area contributed by atoms with Crippen LogP contribution in [0.5, 0.6) is 0 Å². The van der Waals surface area contributed by atoms with Crippen molar-refractivity contribution >= 4 is 11.8 Å². The van der Waals surface area contributed by atoms with Crippen molar-refractivity contribution in [3.63, 3.8) is 0 Å². The van der Waals surface area contributed by atoms with Gasteiger partial charge in [-0.05, 0) is 32.9 Å². The number of carboxylic acids is 1. The Morgan fingerprint density at radius 2 is 2.00 bits per heavy atom. The summed E-state index contributed by atoms with van der Waals surface area (Å²) >= 11 is 0. The third-order valence-corrected chi connectivity index (χ3v) is 2.39. The maximum absolute atomic E-state index is 10.8. The maximum atomic E-state index is 10.8. The zero-order valence-electron chi connectivity index (χ0n) is 9.32. The van der Waals surface area contributed by atoms with Gasteiger partial charge in [0.2, 0.25) is 0 Å². The van der Waals surface area contributed by atoms with Gasteiger partial charge in [-0.1, -0.05) is 0 Å². The van der Waals surface area contributed by atoms with Crippen molar-refractivity contribution in [2.24, 2.45) is 0 Å². The van der Waals surface area contributed by atoms with E-state index in [1.807, 2.05) is 13.8 Å². The van der Waals surface area contributed by atoms with Crippen LogP contribution in [0.3, 0.4) is 0 Å². The second-order valence-corrected chi connectivity index (χ2v) is 3.28. The van der Waals surface area contributed by atoms with Crippen LogP contribution >= 0.6 is 0 Å². The highest BCUT2D eigenvalue weighted by atomic mass is 16.4. The minimum Gasteiger partial charge on any atom is -0.478 e. The van der Waals surface area contributed by atoms with E-state index in [1.54, 1.807) is 19.1 Å². The van der Waals surface area contributed by atoms with Crippen LogP contribution in [0.15, 0.2) is 12.1 Å². The third-order valence-electron chi connectivity index (χ3n) is 2.39. The number of pyridine rings is 1. The Labute approximate surface area is 89.6 Å². The molecule has 0 aliphatic heterocycles. The molecule has 1 aromatic rings. The number of nitrogens with zero attached hydrogens (tertiary/aromatic N) is 2. The number of aromatic nitrogens is 1.